The second kappa shape index (κ2) is 5.96. The predicted octanol–water partition coefficient (Wildman–Crippen LogP) is 1.65. The molecular formula is C11H19N3OS. The van der Waals surface area contributed by atoms with E-state index in [9.17, 15) is 4.79 Å². The molecule has 1 aromatic heterocycles. The number of aryl methyl sites for hydroxylation is 1. The van der Waals surface area contributed by atoms with Gasteiger partial charge in [-0.3, -0.25) is 4.79 Å². The highest BCUT2D eigenvalue weighted by molar-refractivity contribution is 7.17. The molecule has 0 unspecified atom stereocenters. The molecule has 0 aromatic carbocycles. The lowest BCUT2D eigenvalue weighted by Crippen LogP contribution is -2.23. The van der Waals surface area contributed by atoms with Crippen LogP contribution in [-0.2, 0) is 0 Å². The molecule has 0 amide bonds. The Morgan fingerprint density at radius 3 is 2.50 bits per heavy atom. The molecule has 90 valence electrons. The third kappa shape index (κ3) is 3.57. The van der Waals surface area contributed by atoms with Crippen molar-refractivity contribution in [2.45, 2.75) is 13.3 Å². The largest absolute Gasteiger partial charge is 0.351 e. The van der Waals surface area contributed by atoms with Crippen LogP contribution in [-0.4, -0.2) is 50.4 Å². The molecule has 0 aliphatic rings. The third-order valence-electron chi connectivity index (χ3n) is 2.35. The second-order valence-corrected chi connectivity index (χ2v) is 5.15. The number of carbonyl (C=O) groups excluding carboxylic acids is 1. The van der Waals surface area contributed by atoms with E-state index in [4.69, 9.17) is 0 Å². The van der Waals surface area contributed by atoms with E-state index in [1.807, 2.05) is 14.0 Å². The summed E-state index contributed by atoms with van der Waals surface area (Å²) in [5.41, 5.74) is 0.828. The second-order valence-electron chi connectivity index (χ2n) is 4.14. The van der Waals surface area contributed by atoms with Crippen molar-refractivity contribution in [1.29, 1.82) is 0 Å². The smallest absolute Gasteiger partial charge is 0.185 e. The molecule has 0 radical (unpaired) electrons. The molecule has 0 atom stereocenters. The van der Waals surface area contributed by atoms with Gasteiger partial charge >= 0.3 is 0 Å². The molecule has 0 bridgehead atoms. The van der Waals surface area contributed by atoms with E-state index in [-0.39, 0.29) is 0 Å². The SMILES string of the molecule is Cc1nc(N(C)CCCN(C)C)sc1C=O. The lowest BCUT2D eigenvalue weighted by atomic mass is 10.4. The molecule has 5 heteroatoms. The summed E-state index contributed by atoms with van der Waals surface area (Å²) in [5, 5.41) is 0.929. The van der Waals surface area contributed by atoms with Crippen LogP contribution >= 0.6 is 11.3 Å². The lowest BCUT2D eigenvalue weighted by Gasteiger charge is -2.17. The maximum Gasteiger partial charge on any atom is 0.185 e. The van der Waals surface area contributed by atoms with Gasteiger partial charge in [-0.1, -0.05) is 11.3 Å². The summed E-state index contributed by atoms with van der Waals surface area (Å²) in [7, 11) is 6.15. The Labute approximate surface area is 101 Å². The molecular weight excluding hydrogens is 222 g/mol. The Morgan fingerprint density at radius 1 is 1.31 bits per heavy atom. The van der Waals surface area contributed by atoms with Crippen molar-refractivity contribution in [2.75, 3.05) is 39.1 Å². The maximum atomic E-state index is 10.7. The van der Waals surface area contributed by atoms with Crippen molar-refractivity contribution in [1.82, 2.24) is 9.88 Å². The number of nitrogens with zero attached hydrogens (tertiary/aromatic N) is 3. The van der Waals surface area contributed by atoms with Gasteiger partial charge in [0.05, 0.1) is 10.6 Å². The van der Waals surface area contributed by atoms with Crippen LogP contribution in [0.3, 0.4) is 0 Å². The van der Waals surface area contributed by atoms with E-state index in [1.165, 1.54) is 11.3 Å². The van der Waals surface area contributed by atoms with Crippen LogP contribution < -0.4 is 4.90 Å². The van der Waals surface area contributed by atoms with E-state index in [0.717, 1.165) is 41.5 Å². The average Bonchev–Trinajstić information content (AvgIpc) is 2.59. The molecule has 1 rings (SSSR count). The van der Waals surface area contributed by atoms with Crippen molar-refractivity contribution in [2.24, 2.45) is 0 Å². The van der Waals surface area contributed by atoms with E-state index >= 15 is 0 Å². The van der Waals surface area contributed by atoms with Crippen LogP contribution in [0, 0.1) is 6.92 Å². The minimum atomic E-state index is 0.731. The first-order valence-electron chi connectivity index (χ1n) is 5.33. The van der Waals surface area contributed by atoms with Gasteiger partial charge < -0.3 is 9.80 Å². The maximum absolute atomic E-state index is 10.7. The Balaban J connectivity index is 2.52. The molecule has 1 heterocycles. The predicted molar refractivity (Wildman–Crippen MR) is 68.7 cm³/mol. The Bertz CT molecular complexity index is 349. The number of aldehydes is 1. The van der Waals surface area contributed by atoms with Gasteiger partial charge in [0.15, 0.2) is 11.4 Å². The molecule has 0 spiro atoms. The van der Waals surface area contributed by atoms with Crippen LogP contribution in [0.4, 0.5) is 5.13 Å². The topological polar surface area (TPSA) is 36.4 Å². The number of anilines is 1. The van der Waals surface area contributed by atoms with Crippen LogP contribution in [0.5, 0.6) is 0 Å². The average molecular weight is 241 g/mol. The highest BCUT2D eigenvalue weighted by atomic mass is 32.1. The van der Waals surface area contributed by atoms with Crippen molar-refractivity contribution in [3.05, 3.63) is 10.6 Å². The van der Waals surface area contributed by atoms with Gasteiger partial charge in [-0.25, -0.2) is 4.98 Å². The highest BCUT2D eigenvalue weighted by Gasteiger charge is 2.10. The molecule has 4 nitrogen and oxygen atoms in total. The third-order valence-corrected chi connectivity index (χ3v) is 3.55. The van der Waals surface area contributed by atoms with Crippen molar-refractivity contribution >= 4 is 22.8 Å². The first-order chi connectivity index (χ1) is 7.54. The Hall–Kier alpha value is -0.940. The van der Waals surface area contributed by atoms with Gasteiger partial charge in [-0.15, -0.1) is 0 Å². The monoisotopic (exact) mass is 241 g/mol. The van der Waals surface area contributed by atoms with Crippen molar-refractivity contribution < 1.29 is 4.79 Å². The fourth-order valence-electron chi connectivity index (χ4n) is 1.39. The number of hydrogen-bond acceptors (Lipinski definition) is 5. The van der Waals surface area contributed by atoms with Crippen LogP contribution in [0.2, 0.25) is 0 Å². The molecule has 0 aliphatic carbocycles. The van der Waals surface area contributed by atoms with E-state index < -0.39 is 0 Å². The Morgan fingerprint density at radius 2 is 2.00 bits per heavy atom. The summed E-state index contributed by atoms with van der Waals surface area (Å²) in [6, 6.07) is 0. The number of carbonyl (C=O) groups is 1. The molecule has 16 heavy (non-hydrogen) atoms. The minimum absolute atomic E-state index is 0.731. The molecule has 0 fully saturated rings. The highest BCUT2D eigenvalue weighted by Crippen LogP contribution is 2.23. The van der Waals surface area contributed by atoms with Crippen molar-refractivity contribution in [3.63, 3.8) is 0 Å². The number of hydrogen-bond donors (Lipinski definition) is 0. The quantitative estimate of drug-likeness (QED) is 0.710. The fraction of sp³-hybridized carbons (Fsp3) is 0.636. The molecule has 1 aromatic rings. The summed E-state index contributed by atoms with van der Waals surface area (Å²) in [5.74, 6) is 0. The summed E-state index contributed by atoms with van der Waals surface area (Å²) in [6.07, 6.45) is 1.97. The number of rotatable bonds is 6. The van der Waals surface area contributed by atoms with E-state index in [2.05, 4.69) is 28.9 Å². The van der Waals surface area contributed by atoms with Gasteiger partial charge in [-0.05, 0) is 34.0 Å². The summed E-state index contributed by atoms with van der Waals surface area (Å²) in [6.45, 7) is 3.90. The lowest BCUT2D eigenvalue weighted by molar-refractivity contribution is 0.112. The van der Waals surface area contributed by atoms with Crippen LogP contribution in [0.1, 0.15) is 21.8 Å². The Kier molecular flexibility index (Phi) is 4.89. The number of thiazole rings is 1. The molecule has 0 saturated carbocycles. The van der Waals surface area contributed by atoms with Crippen molar-refractivity contribution in [3.8, 4) is 0 Å². The minimum Gasteiger partial charge on any atom is -0.351 e. The van der Waals surface area contributed by atoms with Gasteiger partial charge in [0.2, 0.25) is 0 Å². The van der Waals surface area contributed by atoms with Crippen LogP contribution in [0.15, 0.2) is 0 Å². The first kappa shape index (κ1) is 13.1. The van der Waals surface area contributed by atoms with E-state index in [1.54, 1.807) is 0 Å². The standard InChI is InChI=1S/C11H19N3OS/c1-9-10(8-15)16-11(12-9)14(4)7-5-6-13(2)3/h8H,5-7H2,1-4H3. The van der Waals surface area contributed by atoms with Gasteiger partial charge in [-0.2, -0.15) is 0 Å². The molecule has 0 saturated heterocycles. The first-order valence-corrected chi connectivity index (χ1v) is 6.14. The van der Waals surface area contributed by atoms with Gasteiger partial charge in [0.1, 0.15) is 0 Å². The normalized spacial score (nSPS) is 10.8. The zero-order valence-corrected chi connectivity index (χ0v) is 11.2. The number of aromatic nitrogens is 1. The summed E-state index contributed by atoms with van der Waals surface area (Å²) in [4.78, 5) is 20.1. The zero-order chi connectivity index (χ0) is 12.1. The summed E-state index contributed by atoms with van der Waals surface area (Å²) >= 11 is 1.46. The van der Waals surface area contributed by atoms with Gasteiger partial charge in [0, 0.05) is 13.6 Å². The van der Waals surface area contributed by atoms with Crippen LogP contribution in [0.25, 0.3) is 0 Å². The fourth-order valence-corrected chi connectivity index (χ4v) is 2.25. The summed E-state index contributed by atoms with van der Waals surface area (Å²) < 4.78 is 0. The van der Waals surface area contributed by atoms with Gasteiger partial charge in [0.25, 0.3) is 0 Å². The van der Waals surface area contributed by atoms with E-state index in [0.29, 0.717) is 0 Å². The molecule has 0 aliphatic heterocycles. The molecule has 0 N–H and O–H groups in total. The zero-order valence-electron chi connectivity index (χ0n) is 10.4.